The number of halogens is 1. The van der Waals surface area contributed by atoms with Crippen LogP contribution in [0.25, 0.3) is 11.1 Å². The number of aromatic nitrogens is 1. The van der Waals surface area contributed by atoms with Crippen molar-refractivity contribution in [2.75, 3.05) is 37.0 Å². The molecule has 1 aromatic carbocycles. The van der Waals surface area contributed by atoms with E-state index in [9.17, 15) is 14.0 Å². The molecular weight excluding hydrogens is 351 g/mol. The number of hydrogen-bond acceptors (Lipinski definition) is 5. The van der Waals surface area contributed by atoms with Crippen LogP contribution in [0, 0.1) is 5.82 Å². The second-order valence-electron chi connectivity index (χ2n) is 6.52. The predicted molar refractivity (Wildman–Crippen MR) is 100 cm³/mol. The normalized spacial score (nSPS) is 16.2. The zero-order valence-corrected chi connectivity index (χ0v) is 15.4. The summed E-state index contributed by atoms with van der Waals surface area (Å²) in [5.41, 5.74) is 1.46. The van der Waals surface area contributed by atoms with Crippen molar-refractivity contribution in [1.82, 2.24) is 10.3 Å². The number of carbonyl (C=O) groups is 2. The lowest BCUT2D eigenvalue weighted by Crippen LogP contribution is -2.33. The molecular formula is C19H21FN4O3. The highest BCUT2D eigenvalue weighted by molar-refractivity contribution is 5.90. The van der Waals surface area contributed by atoms with Crippen molar-refractivity contribution in [2.24, 2.45) is 0 Å². The van der Waals surface area contributed by atoms with Gasteiger partial charge in [0, 0.05) is 38.3 Å². The van der Waals surface area contributed by atoms with Crippen molar-refractivity contribution in [3.63, 3.8) is 0 Å². The molecule has 0 bridgehead atoms. The van der Waals surface area contributed by atoms with E-state index in [-0.39, 0.29) is 19.0 Å². The van der Waals surface area contributed by atoms with Gasteiger partial charge in [0.25, 0.3) is 0 Å². The number of nitrogens with zero attached hydrogens (tertiary/aromatic N) is 3. The standard InChI is InChI=1S/C19H21FN4O3/c1-12(25)21-10-15-11-24(19(26)27-15)14-5-6-16(17(20)8-14)13-4-7-18(22-9-13)23(2)3/h4-9,15H,10-11H2,1-3H3,(H,21,25)/t15-/m0/s1. The van der Waals surface area contributed by atoms with Crippen molar-refractivity contribution < 1.29 is 18.7 Å². The van der Waals surface area contributed by atoms with Gasteiger partial charge >= 0.3 is 6.09 Å². The highest BCUT2D eigenvalue weighted by Gasteiger charge is 2.32. The molecule has 1 N–H and O–H groups in total. The van der Waals surface area contributed by atoms with Gasteiger partial charge in [-0.15, -0.1) is 0 Å². The van der Waals surface area contributed by atoms with Crippen LogP contribution in [0.5, 0.6) is 0 Å². The third kappa shape index (κ3) is 4.16. The molecule has 1 atom stereocenters. The summed E-state index contributed by atoms with van der Waals surface area (Å²) < 4.78 is 19.9. The molecule has 1 aliphatic heterocycles. The summed E-state index contributed by atoms with van der Waals surface area (Å²) in [5, 5.41) is 2.61. The first kappa shape index (κ1) is 18.6. The summed E-state index contributed by atoms with van der Waals surface area (Å²) in [5.74, 6) is 0.125. The Kier molecular flexibility index (Phi) is 5.25. The number of benzene rings is 1. The first-order valence-electron chi connectivity index (χ1n) is 8.51. The van der Waals surface area contributed by atoms with Gasteiger partial charge in [-0.1, -0.05) is 0 Å². The fourth-order valence-electron chi connectivity index (χ4n) is 2.81. The lowest BCUT2D eigenvalue weighted by molar-refractivity contribution is -0.119. The van der Waals surface area contributed by atoms with Gasteiger partial charge in [0.05, 0.1) is 18.8 Å². The van der Waals surface area contributed by atoms with Crippen LogP contribution in [0.2, 0.25) is 0 Å². The number of pyridine rings is 1. The molecule has 0 unspecified atom stereocenters. The molecule has 7 nitrogen and oxygen atoms in total. The fourth-order valence-corrected chi connectivity index (χ4v) is 2.81. The van der Waals surface area contributed by atoms with E-state index in [0.717, 1.165) is 5.82 Å². The molecule has 2 amide bonds. The van der Waals surface area contributed by atoms with Gasteiger partial charge in [-0.3, -0.25) is 9.69 Å². The van der Waals surface area contributed by atoms with Crippen LogP contribution in [-0.2, 0) is 9.53 Å². The second-order valence-corrected chi connectivity index (χ2v) is 6.52. The average molecular weight is 372 g/mol. The maximum absolute atomic E-state index is 14.7. The van der Waals surface area contributed by atoms with E-state index in [1.54, 1.807) is 24.4 Å². The molecule has 2 aromatic rings. The minimum absolute atomic E-state index is 0.200. The van der Waals surface area contributed by atoms with Gasteiger partial charge in [-0.2, -0.15) is 0 Å². The number of cyclic esters (lactones) is 1. The zero-order valence-electron chi connectivity index (χ0n) is 15.4. The predicted octanol–water partition coefficient (Wildman–Crippen LogP) is 2.42. The Hall–Kier alpha value is -3.16. The summed E-state index contributed by atoms with van der Waals surface area (Å²) in [6, 6.07) is 8.20. The van der Waals surface area contributed by atoms with Crippen LogP contribution in [0.4, 0.5) is 20.7 Å². The van der Waals surface area contributed by atoms with E-state index < -0.39 is 18.0 Å². The smallest absolute Gasteiger partial charge is 0.414 e. The minimum atomic E-state index is -0.561. The molecule has 8 heteroatoms. The first-order valence-corrected chi connectivity index (χ1v) is 8.51. The van der Waals surface area contributed by atoms with Crippen LogP contribution in [0.15, 0.2) is 36.5 Å². The lowest BCUT2D eigenvalue weighted by atomic mass is 10.1. The number of hydrogen-bond donors (Lipinski definition) is 1. The minimum Gasteiger partial charge on any atom is -0.442 e. The lowest BCUT2D eigenvalue weighted by Gasteiger charge is -2.15. The molecule has 142 valence electrons. The number of nitrogens with one attached hydrogen (secondary N) is 1. The molecule has 0 saturated carbocycles. The second kappa shape index (κ2) is 7.61. The number of amides is 2. The summed E-state index contributed by atoms with van der Waals surface area (Å²) in [4.78, 5) is 30.5. The quantitative estimate of drug-likeness (QED) is 0.872. The Morgan fingerprint density at radius 3 is 2.74 bits per heavy atom. The highest BCUT2D eigenvalue weighted by atomic mass is 19.1. The molecule has 3 rings (SSSR count). The topological polar surface area (TPSA) is 74.8 Å². The van der Waals surface area contributed by atoms with E-state index in [4.69, 9.17) is 4.74 Å². The van der Waals surface area contributed by atoms with Gasteiger partial charge in [0.15, 0.2) is 0 Å². The fraction of sp³-hybridized carbons (Fsp3) is 0.316. The van der Waals surface area contributed by atoms with E-state index in [0.29, 0.717) is 16.8 Å². The largest absolute Gasteiger partial charge is 0.442 e. The summed E-state index contributed by atoms with van der Waals surface area (Å²) in [6.45, 7) is 1.86. The molecule has 2 heterocycles. The van der Waals surface area contributed by atoms with Crippen molar-refractivity contribution in [1.29, 1.82) is 0 Å². The monoisotopic (exact) mass is 372 g/mol. The average Bonchev–Trinajstić information content (AvgIpc) is 3.01. The van der Waals surface area contributed by atoms with E-state index >= 15 is 0 Å². The SMILES string of the molecule is CC(=O)NC[C@H]1CN(c2ccc(-c3ccc(N(C)C)nc3)c(F)c2)C(=O)O1. The molecule has 27 heavy (non-hydrogen) atoms. The van der Waals surface area contributed by atoms with Gasteiger partial charge in [0.2, 0.25) is 5.91 Å². The highest BCUT2D eigenvalue weighted by Crippen LogP contribution is 2.29. The van der Waals surface area contributed by atoms with Gasteiger partial charge in [-0.25, -0.2) is 14.2 Å². The maximum Gasteiger partial charge on any atom is 0.414 e. The maximum atomic E-state index is 14.7. The summed E-state index contributed by atoms with van der Waals surface area (Å²) in [7, 11) is 3.76. The van der Waals surface area contributed by atoms with Gasteiger partial charge in [-0.05, 0) is 30.3 Å². The number of anilines is 2. The van der Waals surface area contributed by atoms with E-state index in [1.165, 1.54) is 17.9 Å². The van der Waals surface area contributed by atoms with Crippen molar-refractivity contribution >= 4 is 23.5 Å². The zero-order chi connectivity index (χ0) is 19.6. The summed E-state index contributed by atoms with van der Waals surface area (Å²) in [6.07, 6.45) is 0.586. The van der Waals surface area contributed by atoms with Crippen LogP contribution in [-0.4, -0.2) is 50.3 Å². The Labute approximate surface area is 156 Å². The van der Waals surface area contributed by atoms with Gasteiger partial charge < -0.3 is 15.0 Å². The Bertz CT molecular complexity index is 855. The van der Waals surface area contributed by atoms with Crippen LogP contribution < -0.4 is 15.1 Å². The van der Waals surface area contributed by atoms with Crippen molar-refractivity contribution in [3.8, 4) is 11.1 Å². The molecule has 1 fully saturated rings. The Morgan fingerprint density at radius 1 is 1.37 bits per heavy atom. The molecule has 0 radical (unpaired) electrons. The molecule has 1 aliphatic rings. The number of ether oxygens (including phenoxy) is 1. The molecule has 1 aromatic heterocycles. The van der Waals surface area contributed by atoms with Gasteiger partial charge in [0.1, 0.15) is 17.7 Å². The Morgan fingerprint density at radius 2 is 2.15 bits per heavy atom. The molecule has 0 aliphatic carbocycles. The summed E-state index contributed by atoms with van der Waals surface area (Å²) >= 11 is 0. The molecule has 0 spiro atoms. The molecule has 1 saturated heterocycles. The van der Waals surface area contributed by atoms with Crippen LogP contribution in [0.1, 0.15) is 6.92 Å². The number of rotatable bonds is 5. The first-order chi connectivity index (χ1) is 12.8. The van der Waals surface area contributed by atoms with E-state index in [2.05, 4.69) is 10.3 Å². The van der Waals surface area contributed by atoms with Crippen molar-refractivity contribution in [3.05, 3.63) is 42.3 Å². The van der Waals surface area contributed by atoms with Crippen molar-refractivity contribution in [2.45, 2.75) is 13.0 Å². The van der Waals surface area contributed by atoms with E-state index in [1.807, 2.05) is 25.1 Å². The Balaban J connectivity index is 1.76. The van der Waals surface area contributed by atoms with Crippen LogP contribution in [0.3, 0.4) is 0 Å². The third-order valence-corrected chi connectivity index (χ3v) is 4.23. The van der Waals surface area contributed by atoms with Crippen LogP contribution >= 0.6 is 0 Å². The third-order valence-electron chi connectivity index (χ3n) is 4.23. The number of carbonyl (C=O) groups excluding carboxylic acids is 2.